The van der Waals surface area contributed by atoms with Crippen LogP contribution in [0.3, 0.4) is 0 Å². The van der Waals surface area contributed by atoms with Gasteiger partial charge in [-0.15, -0.1) is 0 Å². The van der Waals surface area contributed by atoms with Gasteiger partial charge in [0.2, 0.25) is 0 Å². The summed E-state index contributed by atoms with van der Waals surface area (Å²) >= 11 is 5.90. The first kappa shape index (κ1) is 13.7. The molecule has 21 heavy (non-hydrogen) atoms. The van der Waals surface area contributed by atoms with E-state index in [9.17, 15) is 4.79 Å². The van der Waals surface area contributed by atoms with E-state index in [4.69, 9.17) is 11.6 Å². The lowest BCUT2D eigenvalue weighted by Gasteiger charge is -2.09. The number of halogens is 1. The second-order valence-corrected chi connectivity index (χ2v) is 5.41. The van der Waals surface area contributed by atoms with E-state index in [2.05, 4.69) is 23.5 Å². The molecule has 1 amide bonds. The molecule has 0 aliphatic carbocycles. The third-order valence-electron chi connectivity index (χ3n) is 3.52. The normalized spacial score (nSPS) is 10.8. The average Bonchev–Trinajstić information content (AvgIpc) is 2.83. The molecule has 0 saturated carbocycles. The molecule has 106 valence electrons. The highest BCUT2D eigenvalue weighted by atomic mass is 35.5. The summed E-state index contributed by atoms with van der Waals surface area (Å²) < 4.78 is 1.72. The van der Waals surface area contributed by atoms with E-state index in [0.29, 0.717) is 17.3 Å². The van der Waals surface area contributed by atoms with Gasteiger partial charge in [-0.05, 0) is 22.4 Å². The fourth-order valence-corrected chi connectivity index (χ4v) is 2.71. The second kappa shape index (κ2) is 5.62. The molecular formula is C17H15ClN2O. The Morgan fingerprint density at radius 2 is 1.95 bits per heavy atom. The lowest BCUT2D eigenvalue weighted by Crippen LogP contribution is -2.24. The summed E-state index contributed by atoms with van der Waals surface area (Å²) in [6, 6.07) is 15.9. The zero-order valence-corrected chi connectivity index (χ0v) is 12.4. The molecule has 3 aromatic rings. The summed E-state index contributed by atoms with van der Waals surface area (Å²) in [4.78, 5) is 12.2. The van der Waals surface area contributed by atoms with Crippen LogP contribution < -0.4 is 5.32 Å². The minimum Gasteiger partial charge on any atom is -0.347 e. The maximum absolute atomic E-state index is 12.2. The lowest BCUT2D eigenvalue weighted by atomic mass is 10.0. The van der Waals surface area contributed by atoms with E-state index in [1.165, 1.54) is 5.39 Å². The first-order chi connectivity index (χ1) is 10.1. The number of aryl methyl sites for hydroxylation is 1. The molecule has 0 bridgehead atoms. The van der Waals surface area contributed by atoms with Crippen molar-refractivity contribution in [3.8, 4) is 0 Å². The summed E-state index contributed by atoms with van der Waals surface area (Å²) in [5.74, 6) is -0.127. The zero-order chi connectivity index (χ0) is 14.8. The SMILES string of the molecule is Cn1cc(Cl)cc1C(=O)NCc1cccc2ccccc12. The van der Waals surface area contributed by atoms with Crippen LogP contribution >= 0.6 is 11.6 Å². The monoisotopic (exact) mass is 298 g/mol. The maximum atomic E-state index is 12.2. The quantitative estimate of drug-likeness (QED) is 0.785. The van der Waals surface area contributed by atoms with Crippen molar-refractivity contribution >= 4 is 28.3 Å². The molecule has 0 aliphatic heterocycles. The number of fused-ring (bicyclic) bond motifs is 1. The van der Waals surface area contributed by atoms with Crippen molar-refractivity contribution in [3.63, 3.8) is 0 Å². The van der Waals surface area contributed by atoms with E-state index in [1.807, 2.05) is 24.3 Å². The molecule has 3 rings (SSSR count). The molecular weight excluding hydrogens is 284 g/mol. The van der Waals surface area contributed by atoms with E-state index in [1.54, 1.807) is 23.9 Å². The van der Waals surface area contributed by atoms with Crippen LogP contribution in [-0.2, 0) is 13.6 Å². The van der Waals surface area contributed by atoms with Crippen molar-refractivity contribution in [3.05, 3.63) is 71.0 Å². The van der Waals surface area contributed by atoms with Gasteiger partial charge in [-0.25, -0.2) is 0 Å². The van der Waals surface area contributed by atoms with Crippen molar-refractivity contribution in [1.82, 2.24) is 9.88 Å². The van der Waals surface area contributed by atoms with E-state index in [-0.39, 0.29) is 5.91 Å². The van der Waals surface area contributed by atoms with Crippen molar-refractivity contribution in [2.75, 3.05) is 0 Å². The van der Waals surface area contributed by atoms with Gasteiger partial charge in [0, 0.05) is 19.8 Å². The molecule has 1 aromatic heterocycles. The van der Waals surface area contributed by atoms with Crippen molar-refractivity contribution < 1.29 is 4.79 Å². The number of nitrogens with zero attached hydrogens (tertiary/aromatic N) is 1. The third kappa shape index (κ3) is 2.78. The van der Waals surface area contributed by atoms with Crippen LogP contribution in [0.25, 0.3) is 10.8 Å². The number of rotatable bonds is 3. The summed E-state index contributed by atoms with van der Waals surface area (Å²) in [5, 5.41) is 5.84. The number of benzene rings is 2. The number of nitrogens with one attached hydrogen (secondary N) is 1. The Kier molecular flexibility index (Phi) is 3.67. The van der Waals surface area contributed by atoms with Crippen molar-refractivity contribution in [1.29, 1.82) is 0 Å². The highest BCUT2D eigenvalue weighted by Crippen LogP contribution is 2.18. The van der Waals surface area contributed by atoms with Gasteiger partial charge >= 0.3 is 0 Å². The van der Waals surface area contributed by atoms with Crippen molar-refractivity contribution in [2.45, 2.75) is 6.54 Å². The molecule has 0 fully saturated rings. The number of carbonyl (C=O) groups excluding carboxylic acids is 1. The summed E-state index contributed by atoms with van der Waals surface area (Å²) in [6.45, 7) is 0.489. The highest BCUT2D eigenvalue weighted by molar-refractivity contribution is 6.31. The van der Waals surface area contributed by atoms with E-state index < -0.39 is 0 Å². The second-order valence-electron chi connectivity index (χ2n) is 4.98. The molecule has 0 spiro atoms. The Hall–Kier alpha value is -2.26. The minimum atomic E-state index is -0.127. The molecule has 0 unspecified atom stereocenters. The Labute approximate surface area is 128 Å². The van der Waals surface area contributed by atoms with Gasteiger partial charge in [0.05, 0.1) is 5.02 Å². The molecule has 3 nitrogen and oxygen atoms in total. The molecule has 4 heteroatoms. The van der Waals surface area contributed by atoms with Crippen LogP contribution in [0.5, 0.6) is 0 Å². The van der Waals surface area contributed by atoms with Crippen LogP contribution in [0.1, 0.15) is 16.1 Å². The summed E-state index contributed by atoms with van der Waals surface area (Å²) in [5.41, 5.74) is 1.65. The summed E-state index contributed by atoms with van der Waals surface area (Å²) in [7, 11) is 1.80. The van der Waals surface area contributed by atoms with E-state index >= 15 is 0 Å². The predicted octanol–water partition coefficient (Wildman–Crippen LogP) is 3.76. The van der Waals surface area contributed by atoms with Crippen LogP contribution in [0.2, 0.25) is 5.02 Å². The molecule has 0 atom stereocenters. The zero-order valence-electron chi connectivity index (χ0n) is 11.6. The van der Waals surface area contributed by atoms with Crippen LogP contribution in [0.15, 0.2) is 54.7 Å². The first-order valence-electron chi connectivity index (χ1n) is 6.72. The van der Waals surface area contributed by atoms with Crippen molar-refractivity contribution in [2.24, 2.45) is 7.05 Å². The Morgan fingerprint density at radius 1 is 1.19 bits per heavy atom. The van der Waals surface area contributed by atoms with Gasteiger partial charge in [-0.3, -0.25) is 4.79 Å². The molecule has 0 radical (unpaired) electrons. The van der Waals surface area contributed by atoms with Gasteiger partial charge in [0.15, 0.2) is 0 Å². The van der Waals surface area contributed by atoms with Gasteiger partial charge < -0.3 is 9.88 Å². The van der Waals surface area contributed by atoms with E-state index in [0.717, 1.165) is 10.9 Å². The topological polar surface area (TPSA) is 34.0 Å². The predicted molar refractivity (Wildman–Crippen MR) is 85.5 cm³/mol. The van der Waals surface area contributed by atoms with Gasteiger partial charge in [-0.2, -0.15) is 0 Å². The van der Waals surface area contributed by atoms with Gasteiger partial charge in [0.25, 0.3) is 5.91 Å². The number of hydrogen-bond acceptors (Lipinski definition) is 1. The van der Waals surface area contributed by atoms with Gasteiger partial charge in [-0.1, -0.05) is 54.1 Å². The Bertz CT molecular complexity index is 802. The molecule has 0 aliphatic rings. The largest absolute Gasteiger partial charge is 0.347 e. The average molecular weight is 299 g/mol. The molecule has 0 saturated heterocycles. The van der Waals surface area contributed by atoms with Gasteiger partial charge in [0.1, 0.15) is 5.69 Å². The molecule has 1 N–H and O–H groups in total. The van der Waals surface area contributed by atoms with Crippen LogP contribution in [0, 0.1) is 0 Å². The first-order valence-corrected chi connectivity index (χ1v) is 7.09. The van der Waals surface area contributed by atoms with Crippen LogP contribution in [-0.4, -0.2) is 10.5 Å². The number of hydrogen-bond donors (Lipinski definition) is 1. The smallest absolute Gasteiger partial charge is 0.268 e. The standard InChI is InChI=1S/C17H15ClN2O/c1-20-11-14(18)9-16(20)17(21)19-10-13-7-4-6-12-5-2-3-8-15(12)13/h2-9,11H,10H2,1H3,(H,19,21). The Morgan fingerprint density at radius 3 is 2.71 bits per heavy atom. The fourth-order valence-electron chi connectivity index (χ4n) is 2.46. The maximum Gasteiger partial charge on any atom is 0.268 e. The summed E-state index contributed by atoms with van der Waals surface area (Å²) in [6.07, 6.45) is 1.72. The number of aromatic nitrogens is 1. The number of carbonyl (C=O) groups is 1. The fraction of sp³-hybridized carbons (Fsp3) is 0.118. The molecule has 1 heterocycles. The number of amides is 1. The Balaban J connectivity index is 1.81. The minimum absolute atomic E-state index is 0.127. The lowest BCUT2D eigenvalue weighted by molar-refractivity contribution is 0.0943. The molecule has 2 aromatic carbocycles. The van der Waals surface area contributed by atoms with Crippen LogP contribution in [0.4, 0.5) is 0 Å². The third-order valence-corrected chi connectivity index (χ3v) is 3.73. The highest BCUT2D eigenvalue weighted by Gasteiger charge is 2.11.